The van der Waals surface area contributed by atoms with Crippen LogP contribution in [0.4, 0.5) is 0 Å². The first-order valence-electron chi connectivity index (χ1n) is 12.7. The van der Waals surface area contributed by atoms with E-state index < -0.39 is 0 Å². The summed E-state index contributed by atoms with van der Waals surface area (Å²) in [6, 6.07) is 22.1. The average molecular weight is 497 g/mol. The maximum atomic E-state index is 13.2. The van der Waals surface area contributed by atoms with E-state index in [2.05, 4.69) is 51.4 Å². The van der Waals surface area contributed by atoms with Gasteiger partial charge in [0.1, 0.15) is 5.76 Å². The Morgan fingerprint density at radius 1 is 1.03 bits per heavy atom. The third-order valence-electron chi connectivity index (χ3n) is 6.78. The Kier molecular flexibility index (Phi) is 7.28. The molecule has 0 amide bonds. The highest BCUT2D eigenvalue weighted by Gasteiger charge is 2.30. The van der Waals surface area contributed by atoms with E-state index in [0.717, 1.165) is 34.5 Å². The average Bonchev–Trinajstić information content (AvgIpc) is 3.57. The lowest BCUT2D eigenvalue weighted by Gasteiger charge is -2.33. The Hall–Kier alpha value is -4.04. The largest absolute Gasteiger partial charge is 0.468 e. The maximum Gasteiger partial charge on any atom is 0.252 e. The van der Waals surface area contributed by atoms with Crippen LogP contribution in [0.3, 0.4) is 0 Å². The predicted octanol–water partition coefficient (Wildman–Crippen LogP) is 5.06. The Balaban J connectivity index is 1.50. The number of aromatic nitrogens is 5. The van der Waals surface area contributed by atoms with Gasteiger partial charge in [0.2, 0.25) is 0 Å². The van der Waals surface area contributed by atoms with Gasteiger partial charge >= 0.3 is 0 Å². The van der Waals surface area contributed by atoms with Crippen molar-refractivity contribution >= 4 is 10.9 Å². The van der Waals surface area contributed by atoms with Gasteiger partial charge in [-0.05, 0) is 64.4 Å². The van der Waals surface area contributed by atoms with Crippen molar-refractivity contribution in [3.8, 4) is 0 Å². The van der Waals surface area contributed by atoms with Crippen molar-refractivity contribution < 1.29 is 4.42 Å². The summed E-state index contributed by atoms with van der Waals surface area (Å²) in [7, 11) is 0. The first-order valence-corrected chi connectivity index (χ1v) is 12.7. The number of hydrogen-bond acceptors (Lipinski definition) is 6. The van der Waals surface area contributed by atoms with Gasteiger partial charge in [-0.3, -0.25) is 9.69 Å². The third kappa shape index (κ3) is 5.54. The topological polar surface area (TPSA) is 92.8 Å². The number of fused-ring (bicyclic) bond motifs is 1. The first kappa shape index (κ1) is 24.6. The molecule has 190 valence electrons. The van der Waals surface area contributed by atoms with Crippen LogP contribution in [-0.4, -0.2) is 30.1 Å². The fraction of sp³-hybridized carbons (Fsp3) is 0.310. The second-order valence-corrected chi connectivity index (χ2v) is 9.83. The second-order valence-electron chi connectivity index (χ2n) is 9.83. The summed E-state index contributed by atoms with van der Waals surface area (Å²) in [5.74, 6) is 1.78. The Labute approximate surface area is 215 Å². The van der Waals surface area contributed by atoms with Crippen LogP contribution in [0.1, 0.15) is 48.2 Å². The number of H-pyrrole nitrogens is 1. The van der Waals surface area contributed by atoms with E-state index in [1.807, 2.05) is 66.2 Å². The smallest absolute Gasteiger partial charge is 0.252 e. The number of hydrogen-bond donors (Lipinski definition) is 1. The van der Waals surface area contributed by atoms with Crippen molar-refractivity contribution in [1.29, 1.82) is 0 Å². The molecule has 1 atom stereocenters. The third-order valence-corrected chi connectivity index (χ3v) is 6.78. The van der Waals surface area contributed by atoms with Crippen LogP contribution in [0.25, 0.3) is 10.9 Å². The number of aromatic amines is 1. The summed E-state index contributed by atoms with van der Waals surface area (Å²) < 4.78 is 7.60. The molecule has 3 heterocycles. The van der Waals surface area contributed by atoms with E-state index >= 15 is 0 Å². The second kappa shape index (κ2) is 10.9. The van der Waals surface area contributed by atoms with Crippen molar-refractivity contribution in [2.45, 2.75) is 52.9 Å². The van der Waals surface area contributed by atoms with Crippen molar-refractivity contribution in [2.75, 3.05) is 0 Å². The van der Waals surface area contributed by atoms with Crippen LogP contribution in [0.15, 0.2) is 82.2 Å². The number of nitrogens with zero attached hydrogens (tertiary/aromatic N) is 5. The summed E-state index contributed by atoms with van der Waals surface area (Å²) in [5.41, 5.74) is 3.76. The van der Waals surface area contributed by atoms with Crippen LogP contribution in [0, 0.1) is 12.8 Å². The fourth-order valence-corrected chi connectivity index (χ4v) is 4.97. The summed E-state index contributed by atoms with van der Waals surface area (Å²) in [6.07, 6.45) is 2.50. The van der Waals surface area contributed by atoms with Crippen molar-refractivity contribution in [1.82, 2.24) is 30.1 Å². The number of rotatable bonds is 10. The molecule has 0 aliphatic heterocycles. The molecule has 1 N–H and O–H groups in total. The summed E-state index contributed by atoms with van der Waals surface area (Å²) in [5, 5.41) is 13.8. The molecule has 0 aliphatic rings. The standard InChI is InChI=1S/C29H32N6O2/c1-20(2)27(28-31-32-33-35(28)15-14-22-10-5-4-6-11-22)34(19-25-13-8-16-37-25)18-24-17-23-12-7-9-21(3)26(23)30-29(24)36/h4-13,16-17,20,27H,14-15,18-19H2,1-3H3,(H,30,36)/t27-/m0/s1. The molecular weight excluding hydrogens is 464 g/mol. The zero-order valence-electron chi connectivity index (χ0n) is 21.5. The van der Waals surface area contributed by atoms with Gasteiger partial charge in [0.15, 0.2) is 5.82 Å². The highest BCUT2D eigenvalue weighted by Crippen LogP contribution is 2.30. The van der Waals surface area contributed by atoms with Crippen LogP contribution < -0.4 is 5.56 Å². The number of furan rings is 1. The zero-order chi connectivity index (χ0) is 25.8. The van der Waals surface area contributed by atoms with Gasteiger partial charge in [-0.15, -0.1) is 5.10 Å². The molecule has 0 saturated carbocycles. The number of para-hydroxylation sites is 1. The zero-order valence-corrected chi connectivity index (χ0v) is 21.5. The van der Waals surface area contributed by atoms with Crippen LogP contribution in [-0.2, 0) is 26.1 Å². The lowest BCUT2D eigenvalue weighted by atomic mass is 10.00. The van der Waals surface area contributed by atoms with Gasteiger partial charge in [0.25, 0.3) is 5.56 Å². The van der Waals surface area contributed by atoms with Crippen molar-refractivity contribution in [3.05, 3.63) is 112 Å². The predicted molar refractivity (Wildman–Crippen MR) is 143 cm³/mol. The summed E-state index contributed by atoms with van der Waals surface area (Å²) in [4.78, 5) is 18.5. The highest BCUT2D eigenvalue weighted by molar-refractivity contribution is 5.81. The molecule has 0 aliphatic carbocycles. The lowest BCUT2D eigenvalue weighted by Crippen LogP contribution is -2.35. The number of nitrogens with one attached hydrogen (secondary N) is 1. The minimum Gasteiger partial charge on any atom is -0.468 e. The summed E-state index contributed by atoms with van der Waals surface area (Å²) >= 11 is 0. The molecule has 0 radical (unpaired) electrons. The molecule has 0 bridgehead atoms. The molecule has 0 fully saturated rings. The van der Waals surface area contributed by atoms with Gasteiger partial charge in [0, 0.05) is 18.7 Å². The van der Waals surface area contributed by atoms with E-state index in [1.54, 1.807) is 6.26 Å². The van der Waals surface area contributed by atoms with Gasteiger partial charge in [-0.1, -0.05) is 62.4 Å². The minimum absolute atomic E-state index is 0.0857. The SMILES string of the molecule is Cc1cccc2cc(CN(Cc3ccco3)[C@H](c3nnnn3CCc3ccccc3)C(C)C)c(=O)[nH]c12. The van der Waals surface area contributed by atoms with Crippen LogP contribution in [0.2, 0.25) is 0 Å². The number of benzene rings is 2. The van der Waals surface area contributed by atoms with Gasteiger partial charge in [-0.25, -0.2) is 4.68 Å². The molecule has 5 rings (SSSR count). The van der Waals surface area contributed by atoms with Gasteiger partial charge in [-0.2, -0.15) is 0 Å². The monoisotopic (exact) mass is 496 g/mol. The van der Waals surface area contributed by atoms with Crippen molar-refractivity contribution in [3.63, 3.8) is 0 Å². The number of pyridine rings is 1. The molecule has 3 aromatic heterocycles. The van der Waals surface area contributed by atoms with E-state index in [0.29, 0.717) is 25.2 Å². The molecule has 5 aromatic rings. The summed E-state index contributed by atoms with van der Waals surface area (Å²) in [6.45, 7) is 7.93. The molecule has 0 saturated heterocycles. The molecule has 37 heavy (non-hydrogen) atoms. The Morgan fingerprint density at radius 3 is 2.62 bits per heavy atom. The first-order chi connectivity index (χ1) is 18.0. The molecule has 8 heteroatoms. The fourth-order valence-electron chi connectivity index (χ4n) is 4.97. The minimum atomic E-state index is -0.136. The van der Waals surface area contributed by atoms with E-state index in [4.69, 9.17) is 4.42 Å². The molecular formula is C29H32N6O2. The number of aryl methyl sites for hydroxylation is 3. The lowest BCUT2D eigenvalue weighted by molar-refractivity contribution is 0.116. The molecule has 0 spiro atoms. The Morgan fingerprint density at radius 2 is 1.86 bits per heavy atom. The van der Waals surface area contributed by atoms with Crippen LogP contribution in [0.5, 0.6) is 0 Å². The highest BCUT2D eigenvalue weighted by atomic mass is 16.3. The van der Waals surface area contributed by atoms with Gasteiger partial charge in [0.05, 0.1) is 24.4 Å². The maximum absolute atomic E-state index is 13.2. The van der Waals surface area contributed by atoms with Gasteiger partial charge < -0.3 is 9.40 Å². The number of tetrazole rings is 1. The quantitative estimate of drug-likeness (QED) is 0.291. The van der Waals surface area contributed by atoms with E-state index in [1.165, 1.54) is 5.56 Å². The molecule has 0 unspecified atom stereocenters. The van der Waals surface area contributed by atoms with Crippen molar-refractivity contribution in [2.24, 2.45) is 5.92 Å². The van der Waals surface area contributed by atoms with Crippen LogP contribution >= 0.6 is 0 Å². The Bertz CT molecular complexity index is 1500. The van der Waals surface area contributed by atoms with E-state index in [9.17, 15) is 4.79 Å². The molecule has 2 aromatic carbocycles. The molecule has 8 nitrogen and oxygen atoms in total. The van der Waals surface area contributed by atoms with E-state index in [-0.39, 0.29) is 17.5 Å². The normalized spacial score (nSPS) is 12.6.